The lowest BCUT2D eigenvalue weighted by molar-refractivity contribution is -0.128. The Morgan fingerprint density at radius 2 is 1.73 bits per heavy atom. The highest BCUT2D eigenvalue weighted by Crippen LogP contribution is 2.32. The second-order valence-electron chi connectivity index (χ2n) is 10.0. The number of hydrogen-bond acceptors (Lipinski definition) is 5. The van der Waals surface area contributed by atoms with Gasteiger partial charge in [-0.05, 0) is 91.5 Å². The summed E-state index contributed by atoms with van der Waals surface area (Å²) in [5.41, 5.74) is 2.29. The van der Waals surface area contributed by atoms with E-state index in [1.54, 1.807) is 13.8 Å². The number of carbonyl (C=O) groups excluding carboxylic acids is 1. The minimum absolute atomic E-state index is 0.0529. The molecule has 2 aromatic rings. The first-order valence-electron chi connectivity index (χ1n) is 10.6. The Labute approximate surface area is 178 Å². The second kappa shape index (κ2) is 7.73. The molecular formula is C24H34N2O4. The molecule has 1 aromatic carbocycles. The lowest BCUT2D eigenvalue weighted by Crippen LogP contribution is -2.62. The average Bonchev–Trinajstić information content (AvgIpc) is 2.56. The van der Waals surface area contributed by atoms with Gasteiger partial charge >= 0.3 is 5.63 Å². The number of ether oxygens (including phenoxy) is 1. The SMILES string of the molecule is Cc1cc(O[C@H](C)C(=O)NC2CC(C)(C)NC(C)(C)C2)c2c(C)c(C)c(=O)oc2c1. The number of fused-ring (bicyclic) bond motifs is 1. The fourth-order valence-corrected chi connectivity index (χ4v) is 4.77. The Bertz CT molecular complexity index is 1020. The summed E-state index contributed by atoms with van der Waals surface area (Å²) in [7, 11) is 0. The van der Waals surface area contributed by atoms with Crippen LogP contribution in [0.1, 0.15) is 64.2 Å². The molecule has 1 amide bonds. The molecule has 1 aliphatic rings. The van der Waals surface area contributed by atoms with Crippen LogP contribution in [0.15, 0.2) is 21.3 Å². The van der Waals surface area contributed by atoms with Crippen molar-refractivity contribution in [2.45, 2.75) is 91.5 Å². The number of carbonyl (C=O) groups is 1. The largest absolute Gasteiger partial charge is 0.480 e. The van der Waals surface area contributed by atoms with E-state index in [1.807, 2.05) is 26.0 Å². The van der Waals surface area contributed by atoms with E-state index in [-0.39, 0.29) is 28.7 Å². The summed E-state index contributed by atoms with van der Waals surface area (Å²) in [6.07, 6.45) is 1.03. The Hall–Kier alpha value is -2.34. The Balaban J connectivity index is 1.83. The summed E-state index contributed by atoms with van der Waals surface area (Å²) in [6, 6.07) is 3.78. The zero-order valence-electron chi connectivity index (χ0n) is 19.4. The van der Waals surface area contributed by atoms with Crippen LogP contribution in [0.5, 0.6) is 5.75 Å². The summed E-state index contributed by atoms with van der Waals surface area (Å²) < 4.78 is 11.6. The smallest absolute Gasteiger partial charge is 0.339 e. The van der Waals surface area contributed by atoms with Gasteiger partial charge in [0.15, 0.2) is 6.10 Å². The van der Waals surface area contributed by atoms with Gasteiger partial charge in [0.05, 0.1) is 5.39 Å². The minimum atomic E-state index is -0.678. The third-order valence-corrected chi connectivity index (χ3v) is 5.87. The highest BCUT2D eigenvalue weighted by atomic mass is 16.5. The normalized spacial score (nSPS) is 19.5. The summed E-state index contributed by atoms with van der Waals surface area (Å²) in [6.45, 7) is 15.9. The number of piperidine rings is 1. The van der Waals surface area contributed by atoms with E-state index in [9.17, 15) is 9.59 Å². The first-order valence-corrected chi connectivity index (χ1v) is 10.6. The predicted molar refractivity (Wildman–Crippen MR) is 119 cm³/mol. The summed E-state index contributed by atoms with van der Waals surface area (Å²) in [5.74, 6) is 0.415. The van der Waals surface area contributed by atoms with Crippen molar-refractivity contribution in [1.29, 1.82) is 0 Å². The summed E-state index contributed by atoms with van der Waals surface area (Å²) >= 11 is 0. The van der Waals surface area contributed by atoms with Gasteiger partial charge in [-0.1, -0.05) is 0 Å². The van der Waals surface area contributed by atoms with E-state index in [0.717, 1.165) is 29.4 Å². The van der Waals surface area contributed by atoms with E-state index in [4.69, 9.17) is 9.15 Å². The number of nitrogens with one attached hydrogen (secondary N) is 2. The molecule has 6 heteroatoms. The first kappa shape index (κ1) is 22.3. The molecule has 0 aliphatic carbocycles. The predicted octanol–water partition coefficient (Wildman–Crippen LogP) is 3.91. The van der Waals surface area contributed by atoms with Gasteiger partial charge in [-0.15, -0.1) is 0 Å². The first-order chi connectivity index (χ1) is 13.8. The lowest BCUT2D eigenvalue weighted by Gasteiger charge is -2.46. The van der Waals surface area contributed by atoms with Crippen LogP contribution in [0.4, 0.5) is 0 Å². The van der Waals surface area contributed by atoms with Crippen molar-refractivity contribution in [3.63, 3.8) is 0 Å². The van der Waals surface area contributed by atoms with Gasteiger partial charge in [-0.25, -0.2) is 4.79 Å². The van der Waals surface area contributed by atoms with Crippen LogP contribution in [0, 0.1) is 20.8 Å². The van der Waals surface area contributed by atoms with Crippen molar-refractivity contribution >= 4 is 16.9 Å². The molecule has 1 atom stereocenters. The molecule has 1 saturated heterocycles. The maximum Gasteiger partial charge on any atom is 0.339 e. The number of aryl methyl sites for hydroxylation is 2. The second-order valence-corrected chi connectivity index (χ2v) is 10.0. The van der Waals surface area contributed by atoms with E-state index in [1.165, 1.54) is 0 Å². The zero-order valence-corrected chi connectivity index (χ0v) is 19.4. The van der Waals surface area contributed by atoms with Crippen LogP contribution in [0.25, 0.3) is 11.0 Å². The standard InChI is InChI=1S/C24H34N2O4/c1-13-9-18(20-14(2)15(3)22(28)30-19(20)10-13)29-16(4)21(27)25-17-11-23(5,6)26-24(7,8)12-17/h9-10,16-17,26H,11-12H2,1-8H3,(H,25,27)/t16-/m1/s1. The van der Waals surface area contributed by atoms with Gasteiger partial charge in [0, 0.05) is 22.7 Å². The van der Waals surface area contributed by atoms with Gasteiger partial charge in [0.1, 0.15) is 11.3 Å². The van der Waals surface area contributed by atoms with Crippen molar-refractivity contribution < 1.29 is 13.9 Å². The van der Waals surface area contributed by atoms with Crippen LogP contribution in [-0.2, 0) is 4.79 Å². The molecule has 164 valence electrons. The van der Waals surface area contributed by atoms with Crippen LogP contribution >= 0.6 is 0 Å². The molecule has 2 N–H and O–H groups in total. The maximum atomic E-state index is 12.9. The minimum Gasteiger partial charge on any atom is -0.480 e. The van der Waals surface area contributed by atoms with Crippen molar-refractivity contribution in [3.05, 3.63) is 39.2 Å². The Morgan fingerprint density at radius 1 is 1.13 bits per heavy atom. The van der Waals surface area contributed by atoms with E-state index in [2.05, 4.69) is 38.3 Å². The fourth-order valence-electron chi connectivity index (χ4n) is 4.77. The molecule has 0 radical (unpaired) electrons. The van der Waals surface area contributed by atoms with Crippen LogP contribution < -0.4 is 21.0 Å². The fraction of sp³-hybridized carbons (Fsp3) is 0.583. The van der Waals surface area contributed by atoms with Gasteiger partial charge in [-0.2, -0.15) is 0 Å². The van der Waals surface area contributed by atoms with Crippen molar-refractivity contribution in [2.75, 3.05) is 0 Å². The van der Waals surface area contributed by atoms with Crippen molar-refractivity contribution in [3.8, 4) is 5.75 Å². The molecule has 1 aromatic heterocycles. The number of rotatable bonds is 4. The van der Waals surface area contributed by atoms with Crippen LogP contribution in [0.3, 0.4) is 0 Å². The molecule has 30 heavy (non-hydrogen) atoms. The topological polar surface area (TPSA) is 80.6 Å². The number of benzene rings is 1. The van der Waals surface area contributed by atoms with E-state index >= 15 is 0 Å². The van der Waals surface area contributed by atoms with E-state index in [0.29, 0.717) is 16.9 Å². The zero-order chi connectivity index (χ0) is 22.4. The molecule has 6 nitrogen and oxygen atoms in total. The molecule has 0 saturated carbocycles. The van der Waals surface area contributed by atoms with Gasteiger partial charge in [0.25, 0.3) is 5.91 Å². The summed E-state index contributed by atoms with van der Waals surface area (Å²) in [4.78, 5) is 25.0. The molecule has 0 unspecified atom stereocenters. The third kappa shape index (κ3) is 4.69. The van der Waals surface area contributed by atoms with Crippen molar-refractivity contribution in [1.82, 2.24) is 10.6 Å². The number of amides is 1. The lowest BCUT2D eigenvalue weighted by atomic mass is 9.79. The average molecular weight is 415 g/mol. The quantitative estimate of drug-likeness (QED) is 0.742. The van der Waals surface area contributed by atoms with Gasteiger partial charge in [-0.3, -0.25) is 4.79 Å². The molecule has 0 bridgehead atoms. The molecule has 3 rings (SSSR count). The van der Waals surface area contributed by atoms with Gasteiger partial charge < -0.3 is 19.8 Å². The molecule has 1 aliphatic heterocycles. The Morgan fingerprint density at radius 3 is 2.33 bits per heavy atom. The molecule has 0 spiro atoms. The monoisotopic (exact) mass is 414 g/mol. The van der Waals surface area contributed by atoms with Crippen LogP contribution in [-0.4, -0.2) is 29.1 Å². The Kier molecular flexibility index (Phi) is 5.76. The molecule has 1 fully saturated rings. The van der Waals surface area contributed by atoms with Gasteiger partial charge in [0.2, 0.25) is 0 Å². The molecule has 2 heterocycles. The van der Waals surface area contributed by atoms with Crippen LogP contribution in [0.2, 0.25) is 0 Å². The third-order valence-electron chi connectivity index (χ3n) is 5.87. The highest BCUT2D eigenvalue weighted by Gasteiger charge is 2.38. The highest BCUT2D eigenvalue weighted by molar-refractivity contribution is 5.89. The molecular weight excluding hydrogens is 380 g/mol. The maximum absolute atomic E-state index is 12.9. The van der Waals surface area contributed by atoms with Crippen molar-refractivity contribution in [2.24, 2.45) is 0 Å². The van der Waals surface area contributed by atoms with E-state index < -0.39 is 6.10 Å². The number of hydrogen-bond donors (Lipinski definition) is 2. The summed E-state index contributed by atoms with van der Waals surface area (Å²) in [5, 5.41) is 7.54.